The van der Waals surface area contributed by atoms with Gasteiger partial charge in [0, 0.05) is 5.56 Å². The minimum absolute atomic E-state index is 0.143. The van der Waals surface area contributed by atoms with Crippen molar-refractivity contribution in [2.24, 2.45) is 15.3 Å². The van der Waals surface area contributed by atoms with E-state index in [-0.39, 0.29) is 16.7 Å². The van der Waals surface area contributed by atoms with Gasteiger partial charge in [-0.2, -0.15) is 45.3 Å². The fourth-order valence-corrected chi connectivity index (χ4v) is 5.94. The first-order valence-electron chi connectivity index (χ1n) is 12.6. The zero-order chi connectivity index (χ0) is 36.1. The monoisotopic (exact) mass is 774 g/mol. The van der Waals surface area contributed by atoms with E-state index in [1.807, 2.05) is 0 Å². The normalized spacial score (nSPS) is 12.6. The van der Waals surface area contributed by atoms with Gasteiger partial charge in [-0.25, -0.2) is 0 Å². The molecular weight excluding hydrogens is 756 g/mol. The number of phenolic OH excluding ortho intramolecular Hbond substituents is 1. The summed E-state index contributed by atoms with van der Waals surface area (Å²) < 4.78 is 100.0. The van der Waals surface area contributed by atoms with Gasteiger partial charge in [0.15, 0.2) is 10.9 Å². The Morgan fingerprint density at radius 1 is 0.837 bits per heavy atom. The molecule has 0 radical (unpaired) electrons. The van der Waals surface area contributed by atoms with Gasteiger partial charge in [0.05, 0.1) is 21.2 Å². The van der Waals surface area contributed by atoms with Gasteiger partial charge in [0.2, 0.25) is 17.1 Å². The van der Waals surface area contributed by atoms with Crippen LogP contribution in [0.4, 0.5) is 23.0 Å². The van der Waals surface area contributed by atoms with E-state index >= 15 is 0 Å². The molecule has 7 N–H and O–H groups in total. The van der Waals surface area contributed by atoms with Crippen LogP contribution in [0.1, 0.15) is 5.56 Å². The average molecular weight is 775 g/mol. The highest BCUT2D eigenvalue weighted by Gasteiger charge is 2.21. The van der Waals surface area contributed by atoms with Crippen LogP contribution in [0.25, 0.3) is 0 Å². The number of hydrogen-bond donors (Lipinski definition) is 7. The number of aromatic hydroxyl groups is 1. The number of amidine groups is 1. The molecule has 3 aromatic carbocycles. The molecule has 0 aliphatic rings. The number of thioether (sulfide) groups is 1. The zero-order valence-electron chi connectivity index (χ0n) is 23.8. The molecule has 20 nitrogen and oxygen atoms in total. The number of carbonyl (C=O) groups is 1. The summed E-state index contributed by atoms with van der Waals surface area (Å²) in [7, 11) is -14.8. The fraction of sp³-hybridized carbons (Fsp3) is 0.0417. The molecule has 1 heterocycles. The Kier molecular flexibility index (Phi) is 11.1. The van der Waals surface area contributed by atoms with Crippen LogP contribution in [0.2, 0.25) is 5.28 Å². The maximum Gasteiger partial charge on any atom is 0.313 e. The molecule has 0 aliphatic carbocycles. The van der Waals surface area contributed by atoms with Crippen LogP contribution >= 0.6 is 23.4 Å². The summed E-state index contributed by atoms with van der Waals surface area (Å²) in [5.74, 6) is -3.14. The molecule has 0 bridgehead atoms. The van der Waals surface area contributed by atoms with E-state index in [0.717, 1.165) is 12.1 Å². The van der Waals surface area contributed by atoms with Gasteiger partial charge in [-0.3, -0.25) is 23.9 Å². The predicted octanol–water partition coefficient (Wildman–Crippen LogP) is 3.45. The van der Waals surface area contributed by atoms with Crippen molar-refractivity contribution >= 4 is 88.5 Å². The molecule has 4 aromatic rings. The second-order valence-corrected chi connectivity index (χ2v) is 14.6. The standard InChI is InChI=1S/C24H19ClN8O12S4/c25-22-27-23(29-24(28-22)46-11-19(34)35)26-16-9-14(48(40,41)42)10-17(20(16)36)31-33-21(12-4-2-1-3-5-12)32-30-15-8-13(47(37,38)39)6-7-18(15)49(43,44)45/h1-10,31,36H,11H2,(H,34,35)(H,37,38,39)(H,40,41,42)(H,43,44,45)(H,26,27,28,29). The van der Waals surface area contributed by atoms with E-state index in [1.165, 1.54) is 24.3 Å². The largest absolute Gasteiger partial charge is 0.504 e. The molecule has 0 saturated carbocycles. The number of anilines is 3. The number of nitrogens with zero attached hydrogens (tertiary/aromatic N) is 6. The number of halogens is 1. The third-order valence-corrected chi connectivity index (χ3v) is 9.20. The lowest BCUT2D eigenvalue weighted by atomic mass is 10.2. The number of hydrogen-bond acceptors (Lipinski definition) is 16. The molecule has 25 heteroatoms. The summed E-state index contributed by atoms with van der Waals surface area (Å²) in [6, 6.07) is 11.1. The highest BCUT2D eigenvalue weighted by atomic mass is 35.5. The van der Waals surface area contributed by atoms with Gasteiger partial charge >= 0.3 is 5.97 Å². The van der Waals surface area contributed by atoms with Crippen LogP contribution in [-0.4, -0.2) is 81.6 Å². The molecule has 0 fully saturated rings. The number of phenols is 1. The molecule has 49 heavy (non-hydrogen) atoms. The minimum Gasteiger partial charge on any atom is -0.504 e. The van der Waals surface area contributed by atoms with Crippen LogP contribution in [0.15, 0.2) is 95.8 Å². The Hall–Kier alpha value is -4.82. The Labute approximate surface area is 285 Å². The number of carboxylic acids is 1. The lowest BCUT2D eigenvalue weighted by molar-refractivity contribution is -0.133. The number of benzene rings is 3. The van der Waals surface area contributed by atoms with Crippen molar-refractivity contribution in [1.82, 2.24) is 15.0 Å². The van der Waals surface area contributed by atoms with Crippen LogP contribution in [0, 0.1) is 0 Å². The Balaban J connectivity index is 1.80. The summed E-state index contributed by atoms with van der Waals surface area (Å²) in [4.78, 5) is 20.0. The van der Waals surface area contributed by atoms with Gasteiger partial charge in [-0.15, -0.1) is 10.2 Å². The molecule has 0 aliphatic heterocycles. The molecular formula is C24H19ClN8O12S4. The summed E-state index contributed by atoms with van der Waals surface area (Å²) in [6.07, 6.45) is 0. The number of hydrazone groups is 1. The highest BCUT2D eigenvalue weighted by Crippen LogP contribution is 2.37. The van der Waals surface area contributed by atoms with Crippen LogP contribution in [0.5, 0.6) is 5.75 Å². The van der Waals surface area contributed by atoms with Gasteiger partial charge < -0.3 is 15.5 Å². The Bertz CT molecular complexity index is 2330. The maximum atomic E-state index is 12.1. The first kappa shape index (κ1) is 37.0. The number of aliphatic carboxylic acids is 1. The van der Waals surface area contributed by atoms with Gasteiger partial charge in [0.25, 0.3) is 30.4 Å². The van der Waals surface area contributed by atoms with E-state index in [4.69, 9.17) is 16.7 Å². The number of azo groups is 1. The van der Waals surface area contributed by atoms with E-state index in [9.17, 15) is 48.8 Å². The van der Waals surface area contributed by atoms with Gasteiger partial charge in [-0.1, -0.05) is 42.1 Å². The van der Waals surface area contributed by atoms with Crippen molar-refractivity contribution in [2.75, 3.05) is 16.5 Å². The van der Waals surface area contributed by atoms with Gasteiger partial charge in [-0.05, 0) is 41.9 Å². The second-order valence-electron chi connectivity index (χ2n) is 9.05. The third-order valence-electron chi connectivity index (χ3n) is 5.61. The quantitative estimate of drug-likeness (QED) is 0.0206. The summed E-state index contributed by atoms with van der Waals surface area (Å²) >= 11 is 6.56. The summed E-state index contributed by atoms with van der Waals surface area (Å²) in [5.41, 5.74) is 0.848. The van der Waals surface area contributed by atoms with Crippen molar-refractivity contribution < 1.29 is 53.9 Å². The molecule has 0 amide bonds. The molecule has 4 rings (SSSR count). The van der Waals surface area contributed by atoms with E-state index < -0.39 is 90.7 Å². The summed E-state index contributed by atoms with van der Waals surface area (Å²) in [6.45, 7) is 0. The van der Waals surface area contributed by atoms with E-state index in [0.29, 0.717) is 30.0 Å². The fourth-order valence-electron chi connectivity index (χ4n) is 3.54. The number of rotatable bonds is 12. The SMILES string of the molecule is O=C(O)CSc1nc(Cl)nc(Nc2cc(S(=O)(=O)O)cc(NN=C(N=Nc3cc(S(=O)(=O)O)ccc3S(=O)(=O)O)c3ccccc3)c2O)n1. The number of nitrogens with one attached hydrogen (secondary N) is 2. The highest BCUT2D eigenvalue weighted by molar-refractivity contribution is 7.99. The Morgan fingerprint density at radius 3 is 2.10 bits per heavy atom. The molecule has 0 saturated heterocycles. The number of carboxylic acid groups (broad SMARTS) is 1. The van der Waals surface area contributed by atoms with Crippen molar-refractivity contribution in [2.45, 2.75) is 19.8 Å². The molecule has 0 spiro atoms. The maximum absolute atomic E-state index is 12.1. The van der Waals surface area contributed by atoms with Crippen LogP contribution in [0.3, 0.4) is 0 Å². The second kappa shape index (κ2) is 14.7. The lowest BCUT2D eigenvalue weighted by Crippen LogP contribution is -2.07. The van der Waals surface area contributed by atoms with Crippen LogP contribution in [-0.2, 0) is 35.1 Å². The van der Waals surface area contributed by atoms with Crippen molar-refractivity contribution in [3.8, 4) is 5.75 Å². The smallest absolute Gasteiger partial charge is 0.313 e. The van der Waals surface area contributed by atoms with Crippen molar-refractivity contribution in [3.05, 3.63) is 71.5 Å². The van der Waals surface area contributed by atoms with Crippen molar-refractivity contribution in [1.29, 1.82) is 0 Å². The molecule has 1 aromatic heterocycles. The van der Waals surface area contributed by atoms with Crippen molar-refractivity contribution in [3.63, 3.8) is 0 Å². The zero-order valence-corrected chi connectivity index (χ0v) is 27.8. The van der Waals surface area contributed by atoms with E-state index in [1.54, 1.807) is 6.07 Å². The third kappa shape index (κ3) is 10.1. The topological polar surface area (TPSA) is 320 Å². The predicted molar refractivity (Wildman–Crippen MR) is 172 cm³/mol. The lowest BCUT2D eigenvalue weighted by Gasteiger charge is -2.13. The first-order valence-corrected chi connectivity index (χ1v) is 18.3. The van der Waals surface area contributed by atoms with Gasteiger partial charge in [0.1, 0.15) is 16.3 Å². The Morgan fingerprint density at radius 2 is 1.49 bits per heavy atom. The van der Waals surface area contributed by atoms with E-state index in [2.05, 4.69) is 41.0 Å². The molecule has 258 valence electrons. The average Bonchev–Trinajstić information content (AvgIpc) is 3.00. The molecule has 0 atom stereocenters. The minimum atomic E-state index is -4.99. The number of aromatic nitrogens is 3. The summed E-state index contributed by atoms with van der Waals surface area (Å²) in [5, 5.41) is 33.3. The van der Waals surface area contributed by atoms with Crippen LogP contribution < -0.4 is 10.7 Å². The molecule has 0 unspecified atom stereocenters. The first-order chi connectivity index (χ1) is 22.8.